The fraction of sp³-hybridized carbons (Fsp3) is 0.938. The maximum Gasteiger partial charge on any atom is 0.309 e. The number of aliphatic carboxylic acids is 2. The second-order valence-electron chi connectivity index (χ2n) is 11.8. The van der Waals surface area contributed by atoms with Crippen LogP contribution in [0.3, 0.4) is 0 Å². The summed E-state index contributed by atoms with van der Waals surface area (Å²) < 4.78 is 0. The van der Waals surface area contributed by atoms with Crippen LogP contribution < -0.4 is 0 Å². The zero-order valence-electron chi connectivity index (χ0n) is 24.8. The van der Waals surface area contributed by atoms with Gasteiger partial charge in [0, 0.05) is 6.42 Å². The minimum atomic E-state index is -0.686. The average Bonchev–Trinajstić information content (AvgIpc) is 2.85. The van der Waals surface area contributed by atoms with Crippen molar-refractivity contribution in [1.29, 1.82) is 0 Å². The van der Waals surface area contributed by atoms with Crippen molar-refractivity contribution >= 4 is 11.9 Å². The minimum Gasteiger partial charge on any atom is -0.481 e. The second-order valence-corrected chi connectivity index (χ2v) is 11.8. The first-order valence-electron chi connectivity index (χ1n) is 15.7. The van der Waals surface area contributed by atoms with Crippen molar-refractivity contribution in [3.05, 3.63) is 0 Å². The van der Waals surface area contributed by atoms with Crippen molar-refractivity contribution in [3.63, 3.8) is 0 Å². The Morgan fingerprint density at radius 3 is 1.56 bits per heavy atom. The van der Waals surface area contributed by atoms with Crippen LogP contribution in [0, 0.1) is 23.2 Å². The molecule has 4 unspecified atom stereocenters. The van der Waals surface area contributed by atoms with Crippen LogP contribution in [0.2, 0.25) is 0 Å². The molecule has 0 rings (SSSR count). The van der Waals surface area contributed by atoms with E-state index in [1.807, 2.05) is 0 Å². The molecule has 0 saturated carbocycles. The van der Waals surface area contributed by atoms with Crippen molar-refractivity contribution in [1.82, 2.24) is 0 Å². The van der Waals surface area contributed by atoms with Gasteiger partial charge in [-0.25, -0.2) is 0 Å². The van der Waals surface area contributed by atoms with Gasteiger partial charge in [-0.05, 0) is 50.4 Å². The van der Waals surface area contributed by atoms with Gasteiger partial charge >= 0.3 is 11.9 Å². The molecule has 214 valence electrons. The number of carboxylic acids is 2. The number of rotatable bonds is 26. The zero-order valence-corrected chi connectivity index (χ0v) is 24.8. The molecule has 0 aliphatic carbocycles. The van der Waals surface area contributed by atoms with E-state index in [0.717, 1.165) is 64.2 Å². The Kier molecular flexibility index (Phi) is 21.3. The number of carbonyl (C=O) groups is 2. The van der Waals surface area contributed by atoms with Crippen molar-refractivity contribution in [2.24, 2.45) is 23.2 Å². The fourth-order valence-electron chi connectivity index (χ4n) is 5.96. The van der Waals surface area contributed by atoms with Crippen LogP contribution in [0.15, 0.2) is 0 Å². The highest BCUT2D eigenvalue weighted by molar-refractivity contribution is 5.74. The molecule has 0 saturated heterocycles. The molecule has 0 fully saturated rings. The van der Waals surface area contributed by atoms with Crippen LogP contribution in [-0.2, 0) is 9.59 Å². The third kappa shape index (κ3) is 15.9. The molecule has 4 heteroatoms. The van der Waals surface area contributed by atoms with E-state index in [0.29, 0.717) is 18.3 Å². The summed E-state index contributed by atoms with van der Waals surface area (Å²) in [6, 6.07) is 0. The van der Waals surface area contributed by atoms with Crippen LogP contribution in [0.5, 0.6) is 0 Å². The third-order valence-electron chi connectivity index (χ3n) is 8.75. The second kappa shape index (κ2) is 22.0. The topological polar surface area (TPSA) is 74.6 Å². The summed E-state index contributed by atoms with van der Waals surface area (Å²) in [5, 5.41) is 19.2. The summed E-state index contributed by atoms with van der Waals surface area (Å²) in [5.74, 6) is 0.164. The van der Waals surface area contributed by atoms with Crippen molar-refractivity contribution in [2.45, 2.75) is 169 Å². The fourth-order valence-corrected chi connectivity index (χ4v) is 5.96. The van der Waals surface area contributed by atoms with Gasteiger partial charge in [-0.1, -0.05) is 130 Å². The Balaban J connectivity index is 4.91. The van der Waals surface area contributed by atoms with Gasteiger partial charge in [0.1, 0.15) is 0 Å². The molecule has 0 bridgehead atoms. The largest absolute Gasteiger partial charge is 0.481 e. The normalized spacial score (nSPS) is 15.8. The predicted octanol–water partition coefficient (Wildman–Crippen LogP) is 10.3. The third-order valence-corrected chi connectivity index (χ3v) is 8.75. The van der Waals surface area contributed by atoms with E-state index in [2.05, 4.69) is 34.6 Å². The van der Waals surface area contributed by atoms with E-state index in [9.17, 15) is 14.7 Å². The summed E-state index contributed by atoms with van der Waals surface area (Å²) >= 11 is 0. The molecular weight excluding hydrogens is 448 g/mol. The van der Waals surface area contributed by atoms with Crippen LogP contribution in [0.1, 0.15) is 169 Å². The van der Waals surface area contributed by atoms with Crippen LogP contribution in [0.25, 0.3) is 0 Å². The monoisotopic (exact) mass is 510 g/mol. The maximum atomic E-state index is 12.8. The molecule has 0 heterocycles. The number of unbranched alkanes of at least 4 members (excludes halogenated alkanes) is 10. The van der Waals surface area contributed by atoms with E-state index >= 15 is 0 Å². The van der Waals surface area contributed by atoms with Gasteiger partial charge in [0.05, 0.1) is 5.41 Å². The van der Waals surface area contributed by atoms with Gasteiger partial charge in [-0.2, -0.15) is 0 Å². The van der Waals surface area contributed by atoms with E-state index in [1.165, 1.54) is 64.2 Å². The van der Waals surface area contributed by atoms with Gasteiger partial charge in [-0.3, -0.25) is 9.59 Å². The summed E-state index contributed by atoms with van der Waals surface area (Å²) in [6.45, 7) is 11.1. The predicted molar refractivity (Wildman–Crippen MR) is 154 cm³/mol. The Hall–Kier alpha value is -1.06. The Bertz CT molecular complexity index is 546. The summed E-state index contributed by atoms with van der Waals surface area (Å²) in [4.78, 5) is 23.3. The van der Waals surface area contributed by atoms with Gasteiger partial charge in [-0.15, -0.1) is 0 Å². The van der Waals surface area contributed by atoms with Gasteiger partial charge in [0.15, 0.2) is 0 Å². The average molecular weight is 511 g/mol. The SMILES string of the molecule is CCCCC(CC)CC(CCCCCCCCCCCC(=O)O)C(C)(CC(CC)CCCC)C(=O)O. The van der Waals surface area contributed by atoms with Gasteiger partial charge in [0.25, 0.3) is 0 Å². The van der Waals surface area contributed by atoms with Crippen LogP contribution in [-0.4, -0.2) is 22.2 Å². The zero-order chi connectivity index (χ0) is 27.2. The summed E-state index contributed by atoms with van der Waals surface area (Å²) in [5.41, 5.74) is -0.621. The lowest BCUT2D eigenvalue weighted by Gasteiger charge is -2.39. The highest BCUT2D eigenvalue weighted by Gasteiger charge is 2.42. The molecule has 0 aromatic heterocycles. The summed E-state index contributed by atoms with van der Waals surface area (Å²) in [6.07, 6.45) is 22.9. The van der Waals surface area contributed by atoms with Gasteiger partial charge < -0.3 is 10.2 Å². The van der Waals surface area contributed by atoms with Crippen molar-refractivity contribution < 1.29 is 19.8 Å². The lowest BCUT2D eigenvalue weighted by molar-refractivity contribution is -0.154. The highest BCUT2D eigenvalue weighted by Crippen LogP contribution is 2.44. The Labute approximate surface area is 224 Å². The van der Waals surface area contributed by atoms with E-state index < -0.39 is 17.4 Å². The van der Waals surface area contributed by atoms with Crippen LogP contribution >= 0.6 is 0 Å². The number of hydrogen-bond acceptors (Lipinski definition) is 2. The molecule has 0 aliphatic heterocycles. The molecule has 4 nitrogen and oxygen atoms in total. The number of hydrogen-bond donors (Lipinski definition) is 2. The molecule has 2 N–H and O–H groups in total. The van der Waals surface area contributed by atoms with Gasteiger partial charge in [0.2, 0.25) is 0 Å². The first-order valence-corrected chi connectivity index (χ1v) is 15.7. The van der Waals surface area contributed by atoms with Crippen LogP contribution in [0.4, 0.5) is 0 Å². The molecule has 0 aromatic rings. The molecule has 4 atom stereocenters. The van der Waals surface area contributed by atoms with Crippen molar-refractivity contribution in [3.8, 4) is 0 Å². The van der Waals surface area contributed by atoms with Crippen molar-refractivity contribution in [2.75, 3.05) is 0 Å². The minimum absolute atomic E-state index is 0.265. The van der Waals surface area contributed by atoms with E-state index in [1.54, 1.807) is 0 Å². The molecule has 0 amide bonds. The maximum absolute atomic E-state index is 12.8. The number of carboxylic acid groups (broad SMARTS) is 2. The van der Waals surface area contributed by atoms with E-state index in [4.69, 9.17) is 5.11 Å². The Morgan fingerprint density at radius 2 is 1.11 bits per heavy atom. The summed E-state index contributed by atoms with van der Waals surface area (Å²) in [7, 11) is 0. The molecule has 0 spiro atoms. The van der Waals surface area contributed by atoms with E-state index in [-0.39, 0.29) is 5.92 Å². The lowest BCUT2D eigenvalue weighted by Crippen LogP contribution is -2.39. The Morgan fingerprint density at radius 1 is 0.639 bits per heavy atom. The highest BCUT2D eigenvalue weighted by atomic mass is 16.4. The standard InChI is InChI=1S/C32H62O4/c1-6-10-21-27(8-3)25-29(32(5,31(35)36)26-28(9-4)22-11-7-2)23-19-17-15-13-12-14-16-18-20-24-30(33)34/h27-29H,6-26H2,1-5H3,(H,33,34)(H,35,36). The quantitative estimate of drug-likeness (QED) is 0.113. The molecule has 0 aromatic carbocycles. The molecular formula is C32H62O4. The molecule has 0 aliphatic rings. The molecule has 0 radical (unpaired) electrons. The first kappa shape index (κ1) is 34.9. The smallest absolute Gasteiger partial charge is 0.309 e. The molecule has 36 heavy (non-hydrogen) atoms. The first-order chi connectivity index (χ1) is 17.2. The lowest BCUT2D eigenvalue weighted by atomic mass is 9.65.